The van der Waals surface area contributed by atoms with Crippen molar-refractivity contribution in [2.75, 3.05) is 12.4 Å². The fourth-order valence-electron chi connectivity index (χ4n) is 1.82. The Morgan fingerprint density at radius 1 is 1.11 bits per heavy atom. The van der Waals surface area contributed by atoms with Crippen LogP contribution in [0.15, 0.2) is 47.4 Å². The predicted octanol–water partition coefficient (Wildman–Crippen LogP) is 2.14. The lowest BCUT2D eigenvalue weighted by Gasteiger charge is -2.08. The summed E-state index contributed by atoms with van der Waals surface area (Å²) >= 11 is 0. The summed E-state index contributed by atoms with van der Waals surface area (Å²) in [4.78, 5) is 11.3. The molecular formula is C15H18N2O2. The maximum Gasteiger partial charge on any atom is 0.250 e. The molecule has 2 aromatic rings. The number of ether oxygens (including phenoxy) is 1. The van der Waals surface area contributed by atoms with Crippen LogP contribution < -0.4 is 10.9 Å². The molecule has 0 atom stereocenters. The lowest BCUT2D eigenvalue weighted by molar-refractivity contribution is 0.185. The third kappa shape index (κ3) is 3.69. The lowest BCUT2D eigenvalue weighted by Crippen LogP contribution is -2.15. The summed E-state index contributed by atoms with van der Waals surface area (Å²) in [6.45, 7) is 1.36. The van der Waals surface area contributed by atoms with E-state index in [1.807, 2.05) is 0 Å². The number of hydrogen-bond donors (Lipinski definition) is 1. The summed E-state index contributed by atoms with van der Waals surface area (Å²) in [5.74, 6) is 0. The van der Waals surface area contributed by atoms with Crippen molar-refractivity contribution in [3.8, 4) is 0 Å². The normalized spacial score (nSPS) is 10.4. The highest BCUT2D eigenvalue weighted by molar-refractivity contribution is 5.41. The molecule has 19 heavy (non-hydrogen) atoms. The molecule has 0 aliphatic rings. The van der Waals surface area contributed by atoms with Gasteiger partial charge in [0, 0.05) is 33.0 Å². The minimum Gasteiger partial charge on any atom is -0.380 e. The molecule has 4 heteroatoms. The van der Waals surface area contributed by atoms with Crippen LogP contribution in [0.2, 0.25) is 0 Å². The molecule has 0 amide bonds. The Bertz CT molecular complexity index is 588. The summed E-state index contributed by atoms with van der Waals surface area (Å²) in [6.07, 6.45) is 1.79. The lowest BCUT2D eigenvalue weighted by atomic mass is 10.1. The molecule has 0 spiro atoms. The number of nitrogens with zero attached hydrogens (tertiary/aromatic N) is 1. The zero-order valence-electron chi connectivity index (χ0n) is 11.2. The van der Waals surface area contributed by atoms with Crippen LogP contribution in [-0.2, 0) is 24.9 Å². The maximum atomic E-state index is 11.3. The van der Waals surface area contributed by atoms with E-state index in [4.69, 9.17) is 4.74 Å². The number of anilines is 1. The quantitative estimate of drug-likeness (QED) is 0.893. The van der Waals surface area contributed by atoms with Crippen LogP contribution in [0.25, 0.3) is 0 Å². The summed E-state index contributed by atoms with van der Waals surface area (Å²) in [5.41, 5.74) is 3.28. The van der Waals surface area contributed by atoms with Gasteiger partial charge in [-0.15, -0.1) is 0 Å². The van der Waals surface area contributed by atoms with E-state index in [1.54, 1.807) is 37.1 Å². The van der Waals surface area contributed by atoms with Crippen molar-refractivity contribution in [3.05, 3.63) is 64.1 Å². The highest BCUT2D eigenvalue weighted by Gasteiger charge is 1.97. The number of methoxy groups -OCH3 is 1. The van der Waals surface area contributed by atoms with Crippen LogP contribution in [0, 0.1) is 0 Å². The van der Waals surface area contributed by atoms with E-state index in [9.17, 15) is 4.79 Å². The zero-order chi connectivity index (χ0) is 13.7. The molecule has 0 saturated carbocycles. The molecule has 0 aliphatic carbocycles. The predicted molar refractivity (Wildman–Crippen MR) is 76.2 cm³/mol. The first-order chi connectivity index (χ1) is 9.19. The van der Waals surface area contributed by atoms with Gasteiger partial charge in [0.15, 0.2) is 0 Å². The van der Waals surface area contributed by atoms with Crippen molar-refractivity contribution in [3.63, 3.8) is 0 Å². The van der Waals surface area contributed by atoms with Gasteiger partial charge in [-0.25, -0.2) is 0 Å². The van der Waals surface area contributed by atoms with E-state index < -0.39 is 0 Å². The van der Waals surface area contributed by atoms with Crippen LogP contribution in [0.5, 0.6) is 0 Å². The highest BCUT2D eigenvalue weighted by Crippen LogP contribution is 2.09. The molecule has 0 saturated heterocycles. The highest BCUT2D eigenvalue weighted by atomic mass is 16.5. The van der Waals surface area contributed by atoms with Gasteiger partial charge in [-0.1, -0.05) is 24.3 Å². The number of pyridine rings is 1. The SMILES string of the molecule is COCc1ccc(CNc2ccc(=O)n(C)c2)cc1. The third-order valence-corrected chi connectivity index (χ3v) is 2.92. The molecule has 0 aliphatic heterocycles. The number of aromatic nitrogens is 1. The Hall–Kier alpha value is -2.07. The molecule has 0 radical (unpaired) electrons. The van der Waals surface area contributed by atoms with Gasteiger partial charge < -0.3 is 14.6 Å². The Morgan fingerprint density at radius 2 is 1.79 bits per heavy atom. The summed E-state index contributed by atoms with van der Waals surface area (Å²) in [7, 11) is 3.43. The van der Waals surface area contributed by atoms with Crippen molar-refractivity contribution < 1.29 is 4.74 Å². The second-order valence-electron chi connectivity index (χ2n) is 4.47. The topological polar surface area (TPSA) is 43.3 Å². The van der Waals surface area contributed by atoms with Gasteiger partial charge in [0.1, 0.15) is 0 Å². The Morgan fingerprint density at radius 3 is 2.42 bits per heavy atom. The monoisotopic (exact) mass is 258 g/mol. The van der Waals surface area contributed by atoms with E-state index in [1.165, 1.54) is 5.56 Å². The van der Waals surface area contributed by atoms with Crippen LogP contribution in [0.1, 0.15) is 11.1 Å². The summed E-state index contributed by atoms with van der Waals surface area (Å²) in [6, 6.07) is 11.6. The average Bonchev–Trinajstić information content (AvgIpc) is 2.42. The molecule has 1 heterocycles. The van der Waals surface area contributed by atoms with Gasteiger partial charge in [0.05, 0.1) is 12.3 Å². The Kier molecular flexibility index (Phi) is 4.36. The molecule has 4 nitrogen and oxygen atoms in total. The Labute approximate surface area is 112 Å². The smallest absolute Gasteiger partial charge is 0.250 e. The standard InChI is InChI=1S/C15H18N2O2/c1-17-10-14(7-8-15(17)18)16-9-12-3-5-13(6-4-12)11-19-2/h3-8,10,16H,9,11H2,1-2H3. The van der Waals surface area contributed by atoms with Gasteiger partial charge >= 0.3 is 0 Å². The largest absolute Gasteiger partial charge is 0.380 e. The fraction of sp³-hybridized carbons (Fsp3) is 0.267. The molecule has 0 bridgehead atoms. The molecule has 100 valence electrons. The van der Waals surface area contributed by atoms with E-state index >= 15 is 0 Å². The van der Waals surface area contributed by atoms with E-state index in [0.29, 0.717) is 6.61 Å². The summed E-state index contributed by atoms with van der Waals surface area (Å²) in [5, 5.41) is 3.29. The van der Waals surface area contributed by atoms with Crippen molar-refractivity contribution in [1.82, 2.24) is 4.57 Å². The van der Waals surface area contributed by atoms with Gasteiger partial charge in [-0.3, -0.25) is 4.79 Å². The fourth-order valence-corrected chi connectivity index (χ4v) is 1.82. The number of benzene rings is 1. The van der Waals surface area contributed by atoms with E-state index in [0.717, 1.165) is 17.8 Å². The van der Waals surface area contributed by atoms with E-state index in [2.05, 4.69) is 29.6 Å². The number of rotatable bonds is 5. The molecule has 1 aromatic heterocycles. The van der Waals surface area contributed by atoms with Crippen molar-refractivity contribution in [2.24, 2.45) is 7.05 Å². The molecule has 2 rings (SSSR count). The van der Waals surface area contributed by atoms with Crippen molar-refractivity contribution in [1.29, 1.82) is 0 Å². The van der Waals surface area contributed by atoms with Gasteiger partial charge in [0.25, 0.3) is 0 Å². The minimum atomic E-state index is -0.00512. The minimum absolute atomic E-state index is 0.00512. The zero-order valence-corrected chi connectivity index (χ0v) is 11.2. The summed E-state index contributed by atoms with van der Waals surface area (Å²) < 4.78 is 6.63. The van der Waals surface area contributed by atoms with Crippen LogP contribution in [0.3, 0.4) is 0 Å². The molecule has 1 N–H and O–H groups in total. The van der Waals surface area contributed by atoms with Crippen molar-refractivity contribution in [2.45, 2.75) is 13.2 Å². The molecule has 1 aromatic carbocycles. The maximum absolute atomic E-state index is 11.3. The van der Waals surface area contributed by atoms with Crippen LogP contribution in [-0.4, -0.2) is 11.7 Å². The molecular weight excluding hydrogens is 240 g/mol. The van der Waals surface area contributed by atoms with Gasteiger partial charge in [-0.2, -0.15) is 0 Å². The Balaban J connectivity index is 1.97. The van der Waals surface area contributed by atoms with Crippen molar-refractivity contribution >= 4 is 5.69 Å². The molecule has 0 unspecified atom stereocenters. The van der Waals surface area contributed by atoms with Crippen LogP contribution in [0.4, 0.5) is 5.69 Å². The second-order valence-corrected chi connectivity index (χ2v) is 4.47. The first-order valence-electron chi connectivity index (χ1n) is 6.16. The van der Waals surface area contributed by atoms with Crippen LogP contribution >= 0.6 is 0 Å². The number of aryl methyl sites for hydroxylation is 1. The first-order valence-corrected chi connectivity index (χ1v) is 6.16. The molecule has 0 fully saturated rings. The van der Waals surface area contributed by atoms with Gasteiger partial charge in [-0.05, 0) is 17.2 Å². The van der Waals surface area contributed by atoms with E-state index in [-0.39, 0.29) is 5.56 Å². The third-order valence-electron chi connectivity index (χ3n) is 2.92. The second kappa shape index (κ2) is 6.20. The van der Waals surface area contributed by atoms with Gasteiger partial charge in [0.2, 0.25) is 5.56 Å². The first kappa shape index (κ1) is 13.4. The average molecular weight is 258 g/mol. The number of nitrogens with one attached hydrogen (secondary N) is 1. The number of hydrogen-bond acceptors (Lipinski definition) is 3.